The first-order chi connectivity index (χ1) is 25.3. The lowest BCUT2D eigenvalue weighted by atomic mass is 9.90. The Morgan fingerprint density at radius 2 is 1.30 bits per heavy atom. The minimum Gasteiger partial charge on any atom is -0.391 e. The van der Waals surface area contributed by atoms with E-state index in [0.717, 1.165) is 18.1 Å². The van der Waals surface area contributed by atoms with Crippen LogP contribution in [0.5, 0.6) is 0 Å². The summed E-state index contributed by atoms with van der Waals surface area (Å²) in [6.45, 7) is 4.68. The van der Waals surface area contributed by atoms with Crippen LogP contribution < -0.4 is 22.1 Å². The summed E-state index contributed by atoms with van der Waals surface area (Å²) in [5.74, 6) is -14.3. The second-order valence-electron chi connectivity index (χ2n) is 13.7. The van der Waals surface area contributed by atoms with E-state index in [2.05, 4.69) is 10.6 Å². The molecule has 296 valence electrons. The number of carbonyl (C=O) groups excluding carboxylic acids is 7. The molecule has 2 aromatic carbocycles. The largest absolute Gasteiger partial charge is 0.391 e. The number of hydrogen-bond acceptors (Lipinski definition) is 10. The number of unbranched alkanes of at least 4 members (excludes halogenated alkanes) is 1. The van der Waals surface area contributed by atoms with Gasteiger partial charge in [-0.1, -0.05) is 61.8 Å². The van der Waals surface area contributed by atoms with Gasteiger partial charge in [-0.3, -0.25) is 33.6 Å². The molecular formula is C39H51ClF2N4O8. The Balaban J connectivity index is 2.10. The molecule has 0 saturated carbocycles. The van der Waals surface area contributed by atoms with Crippen LogP contribution in [0.4, 0.5) is 8.78 Å². The highest BCUT2D eigenvalue weighted by Crippen LogP contribution is 2.25. The van der Waals surface area contributed by atoms with E-state index in [9.17, 15) is 47.4 Å². The summed E-state index contributed by atoms with van der Waals surface area (Å²) >= 11 is 5.97. The van der Waals surface area contributed by atoms with Gasteiger partial charge in [0.2, 0.25) is 23.4 Å². The second-order valence-corrected chi connectivity index (χ2v) is 14.1. The lowest BCUT2D eigenvalue weighted by Crippen LogP contribution is -2.51. The zero-order valence-electron chi connectivity index (χ0n) is 31.0. The summed E-state index contributed by atoms with van der Waals surface area (Å²) in [5, 5.41) is 16.1. The van der Waals surface area contributed by atoms with Crippen molar-refractivity contribution in [2.75, 3.05) is 13.1 Å². The van der Waals surface area contributed by atoms with Crippen LogP contribution in [0.15, 0.2) is 48.5 Å². The van der Waals surface area contributed by atoms with E-state index < -0.39 is 89.7 Å². The molecule has 0 aliphatic rings. The maximum absolute atomic E-state index is 14.0. The Morgan fingerprint density at radius 3 is 1.81 bits per heavy atom. The molecule has 0 saturated heterocycles. The van der Waals surface area contributed by atoms with Crippen molar-refractivity contribution in [1.29, 1.82) is 0 Å². The van der Waals surface area contributed by atoms with Gasteiger partial charge in [-0.25, -0.2) is 0 Å². The molecule has 2 rings (SSSR count). The van der Waals surface area contributed by atoms with Gasteiger partial charge in [0.1, 0.15) is 6.04 Å². The van der Waals surface area contributed by atoms with E-state index in [-0.39, 0.29) is 38.1 Å². The quantitative estimate of drug-likeness (QED) is 0.0587. The number of halogens is 3. The SMILES string of the molecule is CC(=O)C(F)(F)C(=O)C(C)CC(=O)[C@H](CCCCN)NC(=O)[C@H](C)CC(=O)[C@@H](NC(=O)[C@H](CCN)CC(=O)c1ccc(-c2ccc(Cl)cc2)cc1)[C@@H](C)O. The first kappa shape index (κ1) is 45.9. The summed E-state index contributed by atoms with van der Waals surface area (Å²) in [7, 11) is 0. The Morgan fingerprint density at radius 1 is 0.741 bits per heavy atom. The molecule has 6 atom stereocenters. The number of Topliss-reactive ketones (excluding diaryl/α,β-unsaturated/α-hetero) is 5. The van der Waals surface area contributed by atoms with Crippen LogP contribution in [0.1, 0.15) is 83.0 Å². The average molecular weight is 777 g/mol. The Bertz CT molecular complexity index is 1640. The number of nitrogens with one attached hydrogen (secondary N) is 2. The highest BCUT2D eigenvalue weighted by atomic mass is 35.5. The number of alkyl halides is 2. The molecule has 12 nitrogen and oxygen atoms in total. The monoisotopic (exact) mass is 776 g/mol. The van der Waals surface area contributed by atoms with Gasteiger partial charge >= 0.3 is 5.92 Å². The minimum atomic E-state index is -4.26. The van der Waals surface area contributed by atoms with Gasteiger partial charge < -0.3 is 27.2 Å². The molecule has 0 aliphatic heterocycles. The normalized spacial score (nSPS) is 14.9. The summed E-state index contributed by atoms with van der Waals surface area (Å²) in [6.07, 6.45) is -1.70. The second kappa shape index (κ2) is 21.6. The van der Waals surface area contributed by atoms with Gasteiger partial charge in [0, 0.05) is 54.5 Å². The zero-order valence-corrected chi connectivity index (χ0v) is 31.8. The maximum Gasteiger partial charge on any atom is 0.362 e. The van der Waals surface area contributed by atoms with Crippen LogP contribution in [-0.2, 0) is 28.8 Å². The molecule has 0 spiro atoms. The van der Waals surface area contributed by atoms with Crippen molar-refractivity contribution >= 4 is 52.3 Å². The fraction of sp³-hybridized carbons (Fsp3) is 0.513. The highest BCUT2D eigenvalue weighted by Gasteiger charge is 2.46. The third-order valence-corrected chi connectivity index (χ3v) is 9.39. The van der Waals surface area contributed by atoms with Gasteiger partial charge in [0.25, 0.3) is 0 Å². The van der Waals surface area contributed by atoms with Crippen molar-refractivity contribution in [3.05, 3.63) is 59.1 Å². The molecule has 2 aromatic rings. The minimum absolute atomic E-state index is 0.0582. The van der Waals surface area contributed by atoms with Crippen LogP contribution in [-0.4, -0.2) is 83.0 Å². The third-order valence-electron chi connectivity index (χ3n) is 9.14. The number of nitrogens with two attached hydrogens (primary N) is 2. The van der Waals surface area contributed by atoms with Crippen LogP contribution in [0.3, 0.4) is 0 Å². The van der Waals surface area contributed by atoms with Crippen molar-refractivity contribution in [3.8, 4) is 11.1 Å². The number of carbonyl (C=O) groups is 7. The first-order valence-electron chi connectivity index (χ1n) is 17.9. The smallest absolute Gasteiger partial charge is 0.362 e. The average Bonchev–Trinajstić information content (AvgIpc) is 3.12. The maximum atomic E-state index is 14.0. The number of hydrogen-bond donors (Lipinski definition) is 5. The van der Waals surface area contributed by atoms with Crippen LogP contribution >= 0.6 is 11.6 Å². The van der Waals surface area contributed by atoms with Crippen LogP contribution in [0, 0.1) is 17.8 Å². The van der Waals surface area contributed by atoms with Gasteiger partial charge in [-0.05, 0) is 69.0 Å². The van der Waals surface area contributed by atoms with E-state index in [1.807, 2.05) is 12.1 Å². The molecule has 0 fully saturated rings. The van der Waals surface area contributed by atoms with Crippen molar-refractivity contribution < 1.29 is 47.4 Å². The van der Waals surface area contributed by atoms with Crippen LogP contribution in [0.25, 0.3) is 11.1 Å². The number of aliphatic hydroxyl groups excluding tert-OH is 1. The molecule has 7 N–H and O–H groups in total. The van der Waals surface area contributed by atoms with Crippen molar-refractivity contribution in [2.24, 2.45) is 29.2 Å². The van der Waals surface area contributed by atoms with Crippen molar-refractivity contribution in [2.45, 2.75) is 96.8 Å². The first-order valence-corrected chi connectivity index (χ1v) is 18.3. The zero-order chi connectivity index (χ0) is 40.7. The van der Waals surface area contributed by atoms with E-state index in [0.29, 0.717) is 30.4 Å². The van der Waals surface area contributed by atoms with Crippen LogP contribution in [0.2, 0.25) is 5.02 Å². The molecular weight excluding hydrogens is 726 g/mol. The fourth-order valence-electron chi connectivity index (χ4n) is 5.76. The number of rotatable bonds is 24. The molecule has 0 bridgehead atoms. The summed E-state index contributed by atoms with van der Waals surface area (Å²) < 4.78 is 28.0. The van der Waals surface area contributed by atoms with E-state index in [1.165, 1.54) is 13.8 Å². The number of aliphatic hydroxyl groups is 1. The van der Waals surface area contributed by atoms with Gasteiger partial charge in [-0.2, -0.15) is 8.78 Å². The number of ketones is 5. The highest BCUT2D eigenvalue weighted by molar-refractivity contribution is 6.30. The molecule has 2 amide bonds. The molecule has 0 aliphatic carbocycles. The molecule has 0 heterocycles. The Hall–Kier alpha value is -4.24. The summed E-state index contributed by atoms with van der Waals surface area (Å²) in [4.78, 5) is 89.7. The van der Waals surface area contributed by atoms with Crippen molar-refractivity contribution in [1.82, 2.24) is 10.6 Å². The summed E-state index contributed by atoms with van der Waals surface area (Å²) in [5.41, 5.74) is 13.4. The summed E-state index contributed by atoms with van der Waals surface area (Å²) in [6, 6.07) is 11.4. The lowest BCUT2D eigenvalue weighted by Gasteiger charge is -2.25. The van der Waals surface area contributed by atoms with Gasteiger partial charge in [0.15, 0.2) is 17.3 Å². The Kier molecular flexibility index (Phi) is 18.4. The molecule has 0 aromatic heterocycles. The van der Waals surface area contributed by atoms with E-state index in [1.54, 1.807) is 36.4 Å². The number of benzene rings is 2. The van der Waals surface area contributed by atoms with E-state index in [4.69, 9.17) is 23.1 Å². The topological polar surface area (TPSA) is 216 Å². The fourth-order valence-corrected chi connectivity index (χ4v) is 5.89. The molecule has 1 unspecified atom stereocenters. The number of amides is 2. The predicted molar refractivity (Wildman–Crippen MR) is 200 cm³/mol. The molecule has 15 heteroatoms. The van der Waals surface area contributed by atoms with Crippen molar-refractivity contribution in [3.63, 3.8) is 0 Å². The molecule has 54 heavy (non-hydrogen) atoms. The third kappa shape index (κ3) is 13.6. The predicted octanol–water partition coefficient (Wildman–Crippen LogP) is 4.01. The lowest BCUT2D eigenvalue weighted by molar-refractivity contribution is -0.158. The standard InChI is InChI=1S/C39H51ClF2N4O8/c1-22(36(52)39(41,42)25(4)48)19-33(50)31(7-5-6-17-43)45-37(53)23(2)20-34(51)35(24(3)47)46-38(54)29(16-18-44)21-32(49)28-10-8-26(9-11-28)27-12-14-30(40)15-13-27/h8-15,22-24,29,31,35,47H,5-7,16-21,43-44H2,1-4H3,(H,45,53)(H,46,54)/t22?,23-,24-,29-,31+,35+/m1/s1. The Labute approximate surface area is 319 Å². The van der Waals surface area contributed by atoms with Gasteiger partial charge in [-0.15, -0.1) is 0 Å². The van der Waals surface area contributed by atoms with Gasteiger partial charge in [0.05, 0.1) is 12.1 Å². The van der Waals surface area contributed by atoms with E-state index >= 15 is 0 Å². The molecule has 0 radical (unpaired) electrons.